The average molecular weight is 1010 g/mol. The van der Waals surface area contributed by atoms with E-state index in [1.807, 2.05) is 52.0 Å². The molecular weight excluding hydrogens is 935 g/mol. The fourth-order valence-electron chi connectivity index (χ4n) is 9.85. The number of carbonyl (C=O) groups excluding carboxylic acids is 5. The van der Waals surface area contributed by atoms with Crippen LogP contribution >= 0.6 is 11.3 Å². The van der Waals surface area contributed by atoms with Crippen LogP contribution < -0.4 is 16.0 Å². The third-order valence-corrected chi connectivity index (χ3v) is 14.5. The maximum absolute atomic E-state index is 13.9. The summed E-state index contributed by atoms with van der Waals surface area (Å²) in [6.07, 6.45) is 6.67. The molecule has 392 valence electrons. The molecule has 0 radical (unpaired) electrons. The molecule has 0 spiro atoms. The van der Waals surface area contributed by atoms with Gasteiger partial charge in [-0.15, -0.1) is 11.3 Å². The average Bonchev–Trinajstić information content (AvgIpc) is 3.94. The van der Waals surface area contributed by atoms with E-state index in [1.165, 1.54) is 10.5 Å². The standard InChI is InChI=1S/C52H75N5O13S/c1-32-23-37-10-7-33(2)41(14-13-40-25-38(58)27-45(61)69-40)46(37)43(24-32)70-51(64)53-15-16-65-17-18-66-19-20-67-21-22-68-30-44(60)56-48(52(4,5)6)50(63)57-29-39(59)26-42(57)49(62)54-28-35-8-11-36(12-9-35)47-34(3)55-31-71-47/h7-12,23,31-33,38-43,46,48,58-59H,13-22,24-30H2,1-6H3,(H,53,64)(H,54,62)(H,56,60)/t32-,33-,38+,39+,40+,41-,42-,43-,46-,48+/m0/s1. The SMILES string of the molecule is Cc1ncsc1-c1ccc(CNC(=O)[C@@H]2C[C@@H](O)CN2C(=O)[C@@H](NC(=O)COCCOCCOCCOCCNC(=O)O[C@H]2C[C@@H](C)C=C3C=C[C@H](C)[C@H](CC[C@@H]4C[C@@H](O)CC(=O)O4)[C@H]32)C(C)(C)C)cc1. The monoisotopic (exact) mass is 1010 g/mol. The van der Waals surface area contributed by atoms with Gasteiger partial charge in [-0.05, 0) is 66.1 Å². The Hall–Kier alpha value is -4.76. The topological polar surface area (TPSA) is 233 Å². The number of rotatable bonds is 24. The number of hydrogen-bond acceptors (Lipinski definition) is 15. The van der Waals surface area contributed by atoms with Gasteiger partial charge in [-0.25, -0.2) is 9.78 Å². The number of likely N-dealkylation sites (tertiary alicyclic amines) is 1. The van der Waals surface area contributed by atoms with Crippen LogP contribution in [0.2, 0.25) is 0 Å². The number of benzene rings is 1. The minimum atomic E-state index is -0.979. The van der Waals surface area contributed by atoms with Crippen molar-refractivity contribution < 1.29 is 62.6 Å². The normalized spacial score (nSPS) is 25.7. The Morgan fingerprint density at radius 2 is 1.59 bits per heavy atom. The van der Waals surface area contributed by atoms with Gasteiger partial charge < -0.3 is 59.5 Å². The van der Waals surface area contributed by atoms with E-state index in [4.69, 9.17) is 28.4 Å². The van der Waals surface area contributed by atoms with Gasteiger partial charge in [0.2, 0.25) is 17.7 Å². The van der Waals surface area contributed by atoms with Crippen LogP contribution in [0.4, 0.5) is 4.79 Å². The number of allylic oxidation sites excluding steroid dienone is 3. The van der Waals surface area contributed by atoms with Crippen LogP contribution in [-0.4, -0.2) is 152 Å². The Morgan fingerprint density at radius 3 is 2.25 bits per heavy atom. The zero-order valence-electron chi connectivity index (χ0n) is 42.1. The molecule has 1 aromatic carbocycles. The summed E-state index contributed by atoms with van der Waals surface area (Å²) < 4.78 is 33.9. The number of aryl methyl sites for hydroxylation is 1. The second-order valence-electron chi connectivity index (χ2n) is 20.3. The largest absolute Gasteiger partial charge is 0.462 e. The van der Waals surface area contributed by atoms with E-state index in [1.54, 1.807) is 16.8 Å². The number of carbonyl (C=O) groups is 5. The van der Waals surface area contributed by atoms with E-state index >= 15 is 0 Å². The zero-order chi connectivity index (χ0) is 51.1. The summed E-state index contributed by atoms with van der Waals surface area (Å²) in [5.41, 5.74) is 5.16. The number of esters is 1. The first-order valence-electron chi connectivity index (χ1n) is 25.0. The van der Waals surface area contributed by atoms with Crippen LogP contribution in [0.5, 0.6) is 0 Å². The van der Waals surface area contributed by atoms with E-state index in [2.05, 4.69) is 53.0 Å². The summed E-state index contributed by atoms with van der Waals surface area (Å²) in [6, 6.07) is 5.97. The molecule has 2 aromatic rings. The number of aromatic nitrogens is 1. The molecule has 2 saturated heterocycles. The van der Waals surface area contributed by atoms with E-state index in [-0.39, 0.29) is 107 Å². The van der Waals surface area contributed by atoms with Crippen molar-refractivity contribution in [1.29, 1.82) is 0 Å². The minimum absolute atomic E-state index is 0.0266. The third-order valence-electron chi connectivity index (χ3n) is 13.5. The number of hydrogen-bond donors (Lipinski definition) is 5. The molecule has 10 atom stereocenters. The molecule has 2 aliphatic carbocycles. The summed E-state index contributed by atoms with van der Waals surface area (Å²) in [4.78, 5) is 71.9. The number of ether oxygens (including phenoxy) is 6. The maximum atomic E-state index is 13.9. The van der Waals surface area contributed by atoms with Crippen molar-refractivity contribution in [2.24, 2.45) is 29.1 Å². The zero-order valence-corrected chi connectivity index (χ0v) is 42.9. The summed E-state index contributed by atoms with van der Waals surface area (Å²) in [5, 5.41) is 29.1. The number of nitrogens with zero attached hydrogens (tertiary/aromatic N) is 2. The molecule has 0 unspecified atom stereocenters. The molecular formula is C52H75N5O13S. The van der Waals surface area contributed by atoms with E-state index in [0.29, 0.717) is 45.7 Å². The third kappa shape index (κ3) is 16.6. The van der Waals surface area contributed by atoms with Crippen molar-refractivity contribution in [2.45, 2.75) is 123 Å². The molecule has 19 heteroatoms. The predicted octanol–water partition coefficient (Wildman–Crippen LogP) is 4.64. The lowest BCUT2D eigenvalue weighted by Gasteiger charge is -2.43. The summed E-state index contributed by atoms with van der Waals surface area (Å²) >= 11 is 1.57. The predicted molar refractivity (Wildman–Crippen MR) is 265 cm³/mol. The second-order valence-corrected chi connectivity index (χ2v) is 21.1. The number of aliphatic hydroxyl groups excluding tert-OH is 2. The number of fused-ring (bicyclic) bond motifs is 1. The highest BCUT2D eigenvalue weighted by atomic mass is 32.1. The van der Waals surface area contributed by atoms with E-state index in [0.717, 1.165) is 28.1 Å². The van der Waals surface area contributed by atoms with Crippen molar-refractivity contribution in [1.82, 2.24) is 25.8 Å². The van der Waals surface area contributed by atoms with Gasteiger partial charge >= 0.3 is 12.1 Å². The van der Waals surface area contributed by atoms with Crippen LogP contribution in [0.1, 0.15) is 84.4 Å². The smallest absolute Gasteiger partial charge is 0.407 e. The van der Waals surface area contributed by atoms with E-state index < -0.39 is 47.6 Å². The highest BCUT2D eigenvalue weighted by molar-refractivity contribution is 7.13. The molecule has 2 fully saturated rings. The first kappa shape index (κ1) is 55.6. The summed E-state index contributed by atoms with van der Waals surface area (Å²) in [6.45, 7) is 13.8. The highest BCUT2D eigenvalue weighted by Gasteiger charge is 2.45. The van der Waals surface area contributed by atoms with Gasteiger partial charge in [0, 0.05) is 38.4 Å². The van der Waals surface area contributed by atoms with Gasteiger partial charge in [-0.3, -0.25) is 19.2 Å². The van der Waals surface area contributed by atoms with Crippen LogP contribution in [0, 0.1) is 36.0 Å². The molecule has 2 aliphatic heterocycles. The fourth-order valence-corrected chi connectivity index (χ4v) is 10.7. The Morgan fingerprint density at radius 1 is 0.901 bits per heavy atom. The van der Waals surface area contributed by atoms with Crippen molar-refractivity contribution in [2.75, 3.05) is 65.9 Å². The van der Waals surface area contributed by atoms with Crippen LogP contribution in [0.25, 0.3) is 10.4 Å². The number of aliphatic hydroxyl groups is 2. The van der Waals surface area contributed by atoms with Gasteiger partial charge in [0.25, 0.3) is 0 Å². The lowest BCUT2D eigenvalue weighted by Crippen LogP contribution is -2.58. The fraction of sp³-hybridized carbons (Fsp3) is 0.654. The number of thiazole rings is 1. The minimum Gasteiger partial charge on any atom is -0.462 e. The Balaban J connectivity index is 0.801. The number of alkyl carbamates (subject to hydrolysis) is 1. The number of nitrogens with one attached hydrogen (secondary N) is 3. The second kappa shape index (κ2) is 26.8. The Labute approximate surface area is 421 Å². The van der Waals surface area contributed by atoms with Crippen molar-refractivity contribution in [3.8, 4) is 10.4 Å². The molecule has 6 rings (SSSR count). The van der Waals surface area contributed by atoms with Gasteiger partial charge in [-0.1, -0.05) is 77.1 Å². The van der Waals surface area contributed by atoms with Gasteiger partial charge in [-0.2, -0.15) is 0 Å². The number of cyclic esters (lactones) is 1. The molecule has 0 saturated carbocycles. The first-order chi connectivity index (χ1) is 34.0. The molecule has 5 N–H and O–H groups in total. The Bertz CT molecular complexity index is 2140. The Kier molecular flexibility index (Phi) is 21.0. The molecule has 3 heterocycles. The molecule has 71 heavy (non-hydrogen) atoms. The lowest BCUT2D eigenvalue weighted by atomic mass is 9.65. The highest BCUT2D eigenvalue weighted by Crippen LogP contribution is 2.45. The van der Waals surface area contributed by atoms with Gasteiger partial charge in [0.1, 0.15) is 30.9 Å². The molecule has 4 aliphatic rings. The molecule has 1 aromatic heterocycles. The molecule has 4 amide bonds. The van der Waals surface area contributed by atoms with Crippen molar-refractivity contribution in [3.63, 3.8) is 0 Å². The maximum Gasteiger partial charge on any atom is 0.407 e. The lowest BCUT2D eigenvalue weighted by molar-refractivity contribution is -0.160. The van der Waals surface area contributed by atoms with Gasteiger partial charge in [0.05, 0.1) is 81.0 Å². The van der Waals surface area contributed by atoms with Crippen LogP contribution in [0.15, 0.2) is 53.6 Å². The van der Waals surface area contributed by atoms with Crippen molar-refractivity contribution in [3.05, 3.63) is 64.8 Å². The number of amides is 4. The number of β-amino-alcohol motifs (C(OH)–C–C–N with tert-alkyl or cyclic N) is 1. The van der Waals surface area contributed by atoms with E-state index in [9.17, 15) is 34.2 Å². The molecule has 0 bridgehead atoms. The van der Waals surface area contributed by atoms with Crippen LogP contribution in [-0.2, 0) is 54.1 Å². The van der Waals surface area contributed by atoms with Crippen molar-refractivity contribution >= 4 is 41.1 Å². The molecule has 18 nitrogen and oxygen atoms in total. The van der Waals surface area contributed by atoms with Crippen LogP contribution in [0.3, 0.4) is 0 Å². The van der Waals surface area contributed by atoms with Gasteiger partial charge in [0.15, 0.2) is 0 Å². The first-order valence-corrected chi connectivity index (χ1v) is 25.9. The summed E-state index contributed by atoms with van der Waals surface area (Å²) in [7, 11) is 0. The quantitative estimate of drug-likeness (QED) is 0.0713. The summed E-state index contributed by atoms with van der Waals surface area (Å²) in [5.74, 6) is -0.977.